The van der Waals surface area contributed by atoms with Crippen LogP contribution >= 0.6 is 0 Å². The maximum Gasteiger partial charge on any atom is 0.227 e. The van der Waals surface area contributed by atoms with Gasteiger partial charge in [0.2, 0.25) is 5.91 Å². The van der Waals surface area contributed by atoms with Gasteiger partial charge in [0.25, 0.3) is 0 Å². The molecule has 1 unspecified atom stereocenters. The van der Waals surface area contributed by atoms with Crippen molar-refractivity contribution in [2.24, 2.45) is 5.41 Å². The molecule has 22 heavy (non-hydrogen) atoms. The van der Waals surface area contributed by atoms with Crippen molar-refractivity contribution in [2.45, 2.75) is 39.7 Å². The van der Waals surface area contributed by atoms with Crippen LogP contribution in [0.3, 0.4) is 0 Å². The van der Waals surface area contributed by atoms with Gasteiger partial charge >= 0.3 is 0 Å². The van der Waals surface area contributed by atoms with Gasteiger partial charge < -0.3 is 9.80 Å². The summed E-state index contributed by atoms with van der Waals surface area (Å²) in [7, 11) is 1.86. The number of amides is 1. The summed E-state index contributed by atoms with van der Waals surface area (Å²) in [6.07, 6.45) is 5.06. The summed E-state index contributed by atoms with van der Waals surface area (Å²) in [5.41, 5.74) is -0.0468. The van der Waals surface area contributed by atoms with Gasteiger partial charge in [-0.3, -0.25) is 4.79 Å². The van der Waals surface area contributed by atoms with Crippen LogP contribution in [0.4, 0.5) is 5.82 Å². The number of carbonyl (C=O) groups excluding carboxylic acids is 1. The quantitative estimate of drug-likeness (QED) is 0.833. The molecule has 0 aliphatic carbocycles. The molecule has 1 amide bonds. The molecule has 1 aromatic heterocycles. The van der Waals surface area contributed by atoms with E-state index in [0.29, 0.717) is 18.1 Å². The molecule has 1 aliphatic heterocycles. The molecule has 0 spiro atoms. The summed E-state index contributed by atoms with van der Waals surface area (Å²) in [4.78, 5) is 24.7. The largest absolute Gasteiger partial charge is 0.352 e. The van der Waals surface area contributed by atoms with Gasteiger partial charge in [0.15, 0.2) is 11.5 Å². The number of hydrogen-bond acceptors (Lipinski definition) is 5. The number of aromatic nitrogens is 2. The minimum absolute atomic E-state index is 0.133. The average molecular weight is 301 g/mol. The Bertz CT molecular complexity index is 587. The molecule has 2 rings (SSSR count). The molecule has 0 radical (unpaired) electrons. The van der Waals surface area contributed by atoms with Gasteiger partial charge in [-0.15, -0.1) is 0 Å². The fourth-order valence-electron chi connectivity index (χ4n) is 2.80. The van der Waals surface area contributed by atoms with Crippen LogP contribution in [0.1, 0.15) is 39.3 Å². The maximum atomic E-state index is 12.5. The lowest BCUT2D eigenvalue weighted by Crippen LogP contribution is -2.51. The highest BCUT2D eigenvalue weighted by Gasteiger charge is 2.32. The number of carbonyl (C=O) groups is 1. The van der Waals surface area contributed by atoms with Crippen LogP contribution in [-0.2, 0) is 4.79 Å². The fraction of sp³-hybridized carbons (Fsp3) is 0.625. The molecule has 0 N–H and O–H groups in total. The molecule has 0 bridgehead atoms. The highest BCUT2D eigenvalue weighted by Crippen LogP contribution is 2.25. The third-order valence-electron chi connectivity index (χ3n) is 3.99. The van der Waals surface area contributed by atoms with Crippen LogP contribution in [0.15, 0.2) is 12.4 Å². The Morgan fingerprint density at radius 1 is 1.41 bits per heavy atom. The van der Waals surface area contributed by atoms with Crippen LogP contribution in [0.5, 0.6) is 0 Å². The summed E-state index contributed by atoms with van der Waals surface area (Å²) in [6, 6.07) is 2.22. The van der Waals surface area contributed by atoms with Gasteiger partial charge in [0.1, 0.15) is 6.07 Å². The molecule has 1 fully saturated rings. The van der Waals surface area contributed by atoms with Gasteiger partial charge in [-0.2, -0.15) is 5.26 Å². The Morgan fingerprint density at radius 2 is 2.09 bits per heavy atom. The highest BCUT2D eigenvalue weighted by molar-refractivity contribution is 5.81. The van der Waals surface area contributed by atoms with Crippen molar-refractivity contribution in [1.82, 2.24) is 14.9 Å². The minimum atomic E-state index is -0.388. The molecule has 2 heterocycles. The molecule has 0 aromatic carbocycles. The second-order valence-corrected chi connectivity index (χ2v) is 6.75. The van der Waals surface area contributed by atoms with E-state index >= 15 is 0 Å². The topological polar surface area (TPSA) is 73.1 Å². The van der Waals surface area contributed by atoms with Crippen molar-refractivity contribution in [2.75, 3.05) is 25.0 Å². The average Bonchev–Trinajstić information content (AvgIpc) is 2.52. The lowest BCUT2D eigenvalue weighted by Gasteiger charge is -2.40. The number of nitrogens with zero attached hydrogens (tertiary/aromatic N) is 5. The lowest BCUT2D eigenvalue weighted by atomic mass is 9.93. The molecule has 118 valence electrons. The van der Waals surface area contributed by atoms with Gasteiger partial charge in [0, 0.05) is 44.0 Å². The number of likely N-dealkylation sites (N-methyl/N-ethyl adjacent to an activating group) is 1. The summed E-state index contributed by atoms with van der Waals surface area (Å²) in [6.45, 7) is 7.32. The van der Waals surface area contributed by atoms with E-state index in [2.05, 4.69) is 20.9 Å². The Morgan fingerprint density at radius 3 is 2.73 bits per heavy atom. The number of piperidine rings is 1. The molecule has 6 nitrogen and oxygen atoms in total. The monoisotopic (exact) mass is 301 g/mol. The molecule has 6 heteroatoms. The van der Waals surface area contributed by atoms with Crippen LogP contribution < -0.4 is 4.90 Å². The van der Waals surface area contributed by atoms with Gasteiger partial charge in [-0.25, -0.2) is 9.97 Å². The maximum absolute atomic E-state index is 12.5. The van der Waals surface area contributed by atoms with Gasteiger partial charge in [-0.05, 0) is 12.8 Å². The second-order valence-electron chi connectivity index (χ2n) is 6.75. The molecule has 1 aromatic rings. The first-order valence-corrected chi connectivity index (χ1v) is 7.58. The zero-order valence-corrected chi connectivity index (χ0v) is 13.7. The SMILES string of the molecule is CN(C(=O)C(C)(C)C)C1CCCN(c2nccnc2C#N)C1. The molecule has 0 saturated carbocycles. The van der Waals surface area contributed by atoms with E-state index < -0.39 is 0 Å². The first-order chi connectivity index (χ1) is 10.3. The van der Waals surface area contributed by atoms with Crippen molar-refractivity contribution >= 4 is 11.7 Å². The van der Waals surface area contributed by atoms with Crippen molar-refractivity contribution in [3.63, 3.8) is 0 Å². The molecular weight excluding hydrogens is 278 g/mol. The van der Waals surface area contributed by atoms with E-state index in [1.165, 1.54) is 6.20 Å². The van der Waals surface area contributed by atoms with Crippen LogP contribution in [0, 0.1) is 16.7 Å². The Labute approximate surface area is 131 Å². The summed E-state index contributed by atoms with van der Waals surface area (Å²) in [5.74, 6) is 0.755. The minimum Gasteiger partial charge on any atom is -0.352 e. The third-order valence-corrected chi connectivity index (χ3v) is 3.99. The Balaban J connectivity index is 2.16. The summed E-state index contributed by atoms with van der Waals surface area (Å²) in [5, 5.41) is 9.18. The van der Waals surface area contributed by atoms with E-state index in [1.54, 1.807) is 6.20 Å². The number of hydrogen-bond donors (Lipinski definition) is 0. The van der Waals surface area contributed by atoms with Crippen LogP contribution in [0.2, 0.25) is 0 Å². The normalized spacial score (nSPS) is 18.7. The van der Waals surface area contributed by atoms with Gasteiger partial charge in [-0.1, -0.05) is 20.8 Å². The Kier molecular flexibility index (Phi) is 4.65. The van der Waals surface area contributed by atoms with E-state index in [4.69, 9.17) is 0 Å². The van der Waals surface area contributed by atoms with E-state index in [1.807, 2.05) is 32.7 Å². The molecule has 1 atom stereocenters. The van der Waals surface area contributed by atoms with Crippen molar-refractivity contribution in [3.05, 3.63) is 18.1 Å². The zero-order chi connectivity index (χ0) is 16.3. The van der Waals surface area contributed by atoms with Crippen LogP contribution in [-0.4, -0.2) is 47.0 Å². The summed E-state index contributed by atoms with van der Waals surface area (Å²) < 4.78 is 0. The lowest BCUT2D eigenvalue weighted by molar-refractivity contribution is -0.140. The third kappa shape index (κ3) is 3.35. The number of nitriles is 1. The molecule has 1 saturated heterocycles. The predicted octanol–water partition coefficient (Wildman–Crippen LogP) is 1.82. The highest BCUT2D eigenvalue weighted by atomic mass is 16.2. The summed E-state index contributed by atoms with van der Waals surface area (Å²) >= 11 is 0. The standard InChI is InChI=1S/C16H23N5O/c1-16(2,3)15(22)20(4)12-6-5-9-21(11-12)14-13(10-17)18-7-8-19-14/h7-8,12H,5-6,9,11H2,1-4H3. The zero-order valence-electron chi connectivity index (χ0n) is 13.7. The van der Waals surface area contributed by atoms with Crippen LogP contribution in [0.25, 0.3) is 0 Å². The van der Waals surface area contributed by atoms with Crippen molar-refractivity contribution < 1.29 is 4.79 Å². The molecular formula is C16H23N5O. The van der Waals surface area contributed by atoms with Gasteiger partial charge in [0.05, 0.1) is 0 Å². The van der Waals surface area contributed by atoms with Crippen molar-refractivity contribution in [1.29, 1.82) is 5.26 Å². The first kappa shape index (κ1) is 16.2. The molecule has 1 aliphatic rings. The smallest absolute Gasteiger partial charge is 0.227 e. The number of anilines is 1. The second kappa shape index (κ2) is 6.30. The fourth-order valence-corrected chi connectivity index (χ4v) is 2.80. The Hall–Kier alpha value is -2.16. The van der Waals surface area contributed by atoms with E-state index in [-0.39, 0.29) is 17.4 Å². The number of rotatable bonds is 2. The predicted molar refractivity (Wildman–Crippen MR) is 84.2 cm³/mol. The van der Waals surface area contributed by atoms with Crippen molar-refractivity contribution in [3.8, 4) is 6.07 Å². The van der Waals surface area contributed by atoms with E-state index in [9.17, 15) is 10.1 Å². The first-order valence-electron chi connectivity index (χ1n) is 7.58. The van der Waals surface area contributed by atoms with E-state index in [0.717, 1.165) is 19.4 Å².